The molecule has 0 aliphatic carbocycles. The highest BCUT2D eigenvalue weighted by molar-refractivity contribution is 9.10. The minimum atomic E-state index is -3.57. The largest absolute Gasteiger partial charge is 0.391 e. The van der Waals surface area contributed by atoms with Crippen molar-refractivity contribution < 1.29 is 13.5 Å². The first-order valence-electron chi connectivity index (χ1n) is 5.88. The van der Waals surface area contributed by atoms with Crippen molar-refractivity contribution in [1.29, 1.82) is 0 Å². The molecule has 108 valence electrons. The van der Waals surface area contributed by atoms with E-state index in [1.54, 1.807) is 6.92 Å². The number of rotatable bonds is 5. The molecule has 1 atom stereocenters. The zero-order valence-corrected chi connectivity index (χ0v) is 13.9. The summed E-state index contributed by atoms with van der Waals surface area (Å²) in [4.78, 5) is 0.817. The number of sulfonamides is 1. The van der Waals surface area contributed by atoms with Crippen molar-refractivity contribution in [2.75, 3.05) is 0 Å². The summed E-state index contributed by atoms with van der Waals surface area (Å²) in [5, 5.41) is 10.5. The number of hydrogen-bond acceptors (Lipinski definition) is 4. The molecule has 4 nitrogen and oxygen atoms in total. The summed E-state index contributed by atoms with van der Waals surface area (Å²) in [5.74, 6) is 0. The number of hydrogen-bond donors (Lipinski definition) is 2. The Kier molecular flexibility index (Phi) is 4.98. The van der Waals surface area contributed by atoms with Gasteiger partial charge in [-0.25, -0.2) is 13.1 Å². The van der Waals surface area contributed by atoms with E-state index in [0.29, 0.717) is 4.88 Å². The Morgan fingerprint density at radius 3 is 2.55 bits per heavy atom. The molecule has 0 aliphatic heterocycles. The molecule has 0 spiro atoms. The topological polar surface area (TPSA) is 66.4 Å². The second-order valence-electron chi connectivity index (χ2n) is 4.30. The molecule has 20 heavy (non-hydrogen) atoms. The van der Waals surface area contributed by atoms with Crippen LogP contribution < -0.4 is 4.72 Å². The highest BCUT2D eigenvalue weighted by Gasteiger charge is 2.19. The van der Waals surface area contributed by atoms with Crippen molar-refractivity contribution in [1.82, 2.24) is 4.72 Å². The fraction of sp³-hybridized carbons (Fsp3) is 0.231. The molecule has 2 rings (SSSR count). The van der Waals surface area contributed by atoms with Gasteiger partial charge in [-0.2, -0.15) is 0 Å². The van der Waals surface area contributed by atoms with Gasteiger partial charge in [0.2, 0.25) is 10.0 Å². The summed E-state index contributed by atoms with van der Waals surface area (Å²) >= 11 is 4.57. The standard InChI is InChI=1S/C13H14BrNO3S2/c1-9(10-2-4-11(14)5-3-10)15-20(17,18)13-6-12(7-16)19-8-13/h2-6,8-9,15-16H,7H2,1H3. The van der Waals surface area contributed by atoms with Gasteiger partial charge in [0.1, 0.15) is 0 Å². The fourth-order valence-corrected chi connectivity index (χ4v) is 4.33. The second-order valence-corrected chi connectivity index (χ2v) is 7.93. The maximum atomic E-state index is 12.2. The van der Waals surface area contributed by atoms with E-state index in [9.17, 15) is 8.42 Å². The van der Waals surface area contributed by atoms with Crippen LogP contribution in [0.25, 0.3) is 0 Å². The van der Waals surface area contributed by atoms with E-state index >= 15 is 0 Å². The van der Waals surface area contributed by atoms with Crippen molar-refractivity contribution in [3.63, 3.8) is 0 Å². The predicted molar refractivity (Wildman–Crippen MR) is 83.1 cm³/mol. The van der Waals surface area contributed by atoms with Crippen molar-refractivity contribution in [2.24, 2.45) is 0 Å². The SMILES string of the molecule is CC(NS(=O)(=O)c1csc(CO)c1)c1ccc(Br)cc1. The molecular weight excluding hydrogens is 362 g/mol. The summed E-state index contributed by atoms with van der Waals surface area (Å²) in [6.07, 6.45) is 0. The van der Waals surface area contributed by atoms with E-state index in [-0.39, 0.29) is 17.5 Å². The van der Waals surface area contributed by atoms with E-state index in [0.717, 1.165) is 10.0 Å². The van der Waals surface area contributed by atoms with Gasteiger partial charge in [-0.1, -0.05) is 28.1 Å². The number of benzene rings is 1. The third-order valence-corrected chi connectivity index (χ3v) is 5.92. The Bertz CT molecular complexity index is 680. The van der Waals surface area contributed by atoms with Crippen LogP contribution in [-0.4, -0.2) is 13.5 Å². The minimum Gasteiger partial charge on any atom is -0.391 e. The van der Waals surface area contributed by atoms with Gasteiger partial charge < -0.3 is 5.11 Å². The van der Waals surface area contributed by atoms with Crippen LogP contribution in [0.3, 0.4) is 0 Å². The van der Waals surface area contributed by atoms with Gasteiger partial charge in [0.05, 0.1) is 11.5 Å². The highest BCUT2D eigenvalue weighted by Crippen LogP contribution is 2.22. The first-order valence-corrected chi connectivity index (χ1v) is 9.04. The van der Waals surface area contributed by atoms with Crippen LogP contribution in [0.15, 0.2) is 45.1 Å². The molecule has 2 aromatic rings. The van der Waals surface area contributed by atoms with E-state index in [2.05, 4.69) is 20.7 Å². The average Bonchev–Trinajstić information content (AvgIpc) is 2.88. The molecule has 1 heterocycles. The molecule has 1 unspecified atom stereocenters. The number of nitrogens with one attached hydrogen (secondary N) is 1. The summed E-state index contributed by atoms with van der Waals surface area (Å²) < 4.78 is 28.0. The Hall–Kier alpha value is -0.730. The Labute approximate surface area is 130 Å². The maximum absolute atomic E-state index is 12.2. The average molecular weight is 376 g/mol. The predicted octanol–water partition coefficient (Wildman–Crippen LogP) is 3.04. The van der Waals surface area contributed by atoms with E-state index < -0.39 is 10.0 Å². The van der Waals surface area contributed by atoms with Crippen LogP contribution >= 0.6 is 27.3 Å². The lowest BCUT2D eigenvalue weighted by molar-refractivity contribution is 0.285. The lowest BCUT2D eigenvalue weighted by Crippen LogP contribution is -2.26. The zero-order valence-electron chi connectivity index (χ0n) is 10.7. The van der Waals surface area contributed by atoms with Crippen LogP contribution in [0.4, 0.5) is 0 Å². The van der Waals surface area contributed by atoms with Crippen LogP contribution in [0, 0.1) is 0 Å². The first kappa shape index (κ1) is 15.7. The summed E-state index contributed by atoms with van der Waals surface area (Å²) in [7, 11) is -3.57. The van der Waals surface area contributed by atoms with E-state index in [1.807, 2.05) is 24.3 Å². The lowest BCUT2D eigenvalue weighted by Gasteiger charge is -2.14. The number of aliphatic hydroxyl groups excluding tert-OH is 1. The van der Waals surface area contributed by atoms with Gasteiger partial charge in [-0.05, 0) is 30.7 Å². The monoisotopic (exact) mass is 375 g/mol. The molecule has 0 fully saturated rings. The van der Waals surface area contributed by atoms with E-state index in [4.69, 9.17) is 5.11 Å². The molecule has 2 N–H and O–H groups in total. The van der Waals surface area contributed by atoms with Crippen molar-refractivity contribution in [3.05, 3.63) is 50.6 Å². The number of thiophene rings is 1. The third kappa shape index (κ3) is 3.67. The van der Waals surface area contributed by atoms with Crippen LogP contribution in [0.1, 0.15) is 23.4 Å². The van der Waals surface area contributed by atoms with Gasteiger partial charge in [0, 0.05) is 20.8 Å². The smallest absolute Gasteiger partial charge is 0.241 e. The quantitative estimate of drug-likeness (QED) is 0.843. The van der Waals surface area contributed by atoms with Gasteiger partial charge in [-0.15, -0.1) is 11.3 Å². The second kappa shape index (κ2) is 6.36. The van der Waals surface area contributed by atoms with Crippen molar-refractivity contribution in [2.45, 2.75) is 24.5 Å². The maximum Gasteiger partial charge on any atom is 0.241 e. The molecular formula is C13H14BrNO3S2. The third-order valence-electron chi connectivity index (χ3n) is 2.80. The Morgan fingerprint density at radius 1 is 1.35 bits per heavy atom. The molecule has 1 aromatic heterocycles. The summed E-state index contributed by atoms with van der Waals surface area (Å²) in [6.45, 7) is 1.64. The normalized spacial score (nSPS) is 13.3. The molecule has 0 bridgehead atoms. The van der Waals surface area contributed by atoms with Crippen molar-refractivity contribution >= 4 is 37.3 Å². The molecule has 1 aromatic carbocycles. The van der Waals surface area contributed by atoms with Gasteiger partial charge in [0.25, 0.3) is 0 Å². The van der Waals surface area contributed by atoms with Crippen LogP contribution in [0.2, 0.25) is 0 Å². The molecule has 0 saturated carbocycles. The van der Waals surface area contributed by atoms with E-state index in [1.165, 1.54) is 22.8 Å². The molecule has 0 aliphatic rings. The van der Waals surface area contributed by atoms with Gasteiger partial charge in [-0.3, -0.25) is 0 Å². The molecule has 0 radical (unpaired) electrons. The number of aliphatic hydroxyl groups is 1. The Balaban J connectivity index is 2.17. The zero-order chi connectivity index (χ0) is 14.8. The molecule has 0 saturated heterocycles. The highest BCUT2D eigenvalue weighted by atomic mass is 79.9. The summed E-state index contributed by atoms with van der Waals surface area (Å²) in [6, 6.07) is 8.63. The molecule has 0 amide bonds. The molecule has 7 heteroatoms. The van der Waals surface area contributed by atoms with Gasteiger partial charge in [0.15, 0.2) is 0 Å². The van der Waals surface area contributed by atoms with Crippen LogP contribution in [0.5, 0.6) is 0 Å². The Morgan fingerprint density at radius 2 is 2.00 bits per heavy atom. The lowest BCUT2D eigenvalue weighted by atomic mass is 10.1. The minimum absolute atomic E-state index is 0.150. The fourth-order valence-electron chi connectivity index (χ4n) is 1.70. The van der Waals surface area contributed by atoms with Crippen molar-refractivity contribution in [3.8, 4) is 0 Å². The van der Waals surface area contributed by atoms with Gasteiger partial charge >= 0.3 is 0 Å². The first-order chi connectivity index (χ1) is 9.42. The van der Waals surface area contributed by atoms with Crippen LogP contribution in [-0.2, 0) is 16.6 Å². The number of halogens is 1. The summed E-state index contributed by atoms with van der Waals surface area (Å²) in [5.41, 5.74) is 0.884.